The molecule has 1 aromatic carbocycles. The van der Waals surface area contributed by atoms with Gasteiger partial charge in [0.15, 0.2) is 5.71 Å². The van der Waals surface area contributed by atoms with E-state index in [-0.39, 0.29) is 17.1 Å². The quantitative estimate of drug-likeness (QED) is 0.734. The molecule has 0 N–H and O–H groups in total. The zero-order valence-electron chi connectivity index (χ0n) is 13.7. The fourth-order valence-electron chi connectivity index (χ4n) is 2.36. The van der Waals surface area contributed by atoms with Gasteiger partial charge < -0.3 is 9.64 Å². The van der Waals surface area contributed by atoms with Gasteiger partial charge in [-0.05, 0) is 35.9 Å². The van der Waals surface area contributed by atoms with Crippen LogP contribution in [0.1, 0.15) is 5.56 Å². The van der Waals surface area contributed by atoms with Crippen molar-refractivity contribution in [2.75, 3.05) is 12.0 Å². The second kappa shape index (κ2) is 7.70. The van der Waals surface area contributed by atoms with Crippen LogP contribution in [0.2, 0.25) is 0 Å². The zero-order chi connectivity index (χ0) is 18.5. The van der Waals surface area contributed by atoms with Crippen molar-refractivity contribution < 1.29 is 17.9 Å². The van der Waals surface area contributed by atoms with Crippen molar-refractivity contribution >= 4 is 38.7 Å². The van der Waals surface area contributed by atoms with E-state index in [0.717, 1.165) is 11.8 Å². The number of rotatable bonds is 5. The molecule has 0 saturated heterocycles. The number of methoxy groups -OCH3 is 1. The summed E-state index contributed by atoms with van der Waals surface area (Å²) in [5.74, 6) is 0.0627. The molecule has 1 amide bonds. The highest BCUT2D eigenvalue weighted by molar-refractivity contribution is 7.77. The van der Waals surface area contributed by atoms with Crippen molar-refractivity contribution in [3.05, 3.63) is 54.4 Å². The number of carbonyl (C=O) groups excluding carboxylic acids is 1. The molecular formula is C17H14N4O4S. The number of hydrogen-bond donors (Lipinski definition) is 0. The van der Waals surface area contributed by atoms with E-state index in [1.54, 1.807) is 49.8 Å². The van der Waals surface area contributed by atoms with E-state index >= 15 is 0 Å². The number of pyridine rings is 1. The van der Waals surface area contributed by atoms with E-state index in [2.05, 4.69) is 15.2 Å². The Balaban J connectivity index is 1.99. The van der Waals surface area contributed by atoms with Gasteiger partial charge in [0.1, 0.15) is 10.6 Å². The van der Waals surface area contributed by atoms with Gasteiger partial charge in [-0.2, -0.15) is 13.5 Å². The summed E-state index contributed by atoms with van der Waals surface area (Å²) >= 11 is 0. The molecule has 0 bridgehead atoms. The monoisotopic (exact) mass is 370 g/mol. The molecule has 0 fully saturated rings. The van der Waals surface area contributed by atoms with Gasteiger partial charge in [-0.15, -0.1) is 5.10 Å². The number of hydrogen-bond acceptors (Lipinski definition) is 7. The number of ether oxygens (including phenoxy) is 1. The first-order valence-corrected chi connectivity index (χ1v) is 8.60. The van der Waals surface area contributed by atoms with Gasteiger partial charge in [-0.1, -0.05) is 6.07 Å². The van der Waals surface area contributed by atoms with Crippen LogP contribution in [0.5, 0.6) is 5.75 Å². The Bertz CT molecular complexity index is 1000. The van der Waals surface area contributed by atoms with Crippen LogP contribution in [0.15, 0.2) is 59.0 Å². The average molecular weight is 370 g/mol. The van der Waals surface area contributed by atoms with E-state index in [1.165, 1.54) is 4.90 Å². The molecule has 0 radical (unpaired) electrons. The topological polar surface area (TPSA) is 101 Å². The van der Waals surface area contributed by atoms with Gasteiger partial charge in [0.25, 0.3) is 5.91 Å². The summed E-state index contributed by atoms with van der Waals surface area (Å²) in [5, 5.41) is 7.24. The first-order valence-electron chi connectivity index (χ1n) is 7.52. The summed E-state index contributed by atoms with van der Waals surface area (Å²) in [6.07, 6.45) is 4.31. The number of amides is 1. The van der Waals surface area contributed by atoms with Crippen molar-refractivity contribution in [2.45, 2.75) is 6.54 Å². The van der Waals surface area contributed by atoms with E-state index in [0.29, 0.717) is 11.4 Å². The molecule has 2 heterocycles. The maximum Gasteiger partial charge on any atom is 0.280 e. The number of anilines is 1. The van der Waals surface area contributed by atoms with Gasteiger partial charge in [0, 0.05) is 18.1 Å². The number of aromatic nitrogens is 1. The molecule has 3 rings (SSSR count). The fraction of sp³-hybridized carbons (Fsp3) is 0.118. The molecule has 132 valence electrons. The Morgan fingerprint density at radius 2 is 1.96 bits per heavy atom. The Morgan fingerprint density at radius 1 is 1.19 bits per heavy atom. The van der Waals surface area contributed by atoms with Crippen molar-refractivity contribution in [3.63, 3.8) is 0 Å². The lowest BCUT2D eigenvalue weighted by molar-refractivity contribution is -0.112. The predicted molar refractivity (Wildman–Crippen MR) is 98.3 cm³/mol. The van der Waals surface area contributed by atoms with Crippen LogP contribution in [0.4, 0.5) is 5.69 Å². The predicted octanol–water partition coefficient (Wildman–Crippen LogP) is 1.12. The number of nitrogens with zero attached hydrogens (tertiary/aromatic N) is 4. The van der Waals surface area contributed by atoms with E-state index < -0.39 is 16.2 Å². The molecule has 9 heteroatoms. The summed E-state index contributed by atoms with van der Waals surface area (Å²) in [6, 6.07) is 10.4. The highest BCUT2D eigenvalue weighted by atomic mass is 32.2. The minimum Gasteiger partial charge on any atom is -0.497 e. The van der Waals surface area contributed by atoms with Crippen molar-refractivity contribution in [3.8, 4) is 5.75 Å². The SMILES string of the molecule is COc1ccc(N(Cc2cccnc2)C(=O)C2=NN=CC2=S(=O)=O)cc1. The minimum absolute atomic E-state index is 0.191. The van der Waals surface area contributed by atoms with E-state index in [1.807, 2.05) is 6.07 Å². The lowest BCUT2D eigenvalue weighted by Gasteiger charge is -2.22. The maximum absolute atomic E-state index is 13.0. The smallest absolute Gasteiger partial charge is 0.280 e. The van der Waals surface area contributed by atoms with Crippen LogP contribution >= 0.6 is 0 Å². The van der Waals surface area contributed by atoms with E-state index in [4.69, 9.17) is 4.74 Å². The lowest BCUT2D eigenvalue weighted by atomic mass is 10.2. The Hall–Kier alpha value is -3.33. The average Bonchev–Trinajstić information content (AvgIpc) is 3.17. The standard InChI is InChI=1S/C17H14N4O4S/c1-25-14-6-4-13(5-7-14)21(11-12-3-2-8-18-9-12)17(22)16-15(26(23)24)10-19-20-16/h2-10H,11H2,1H3. The third-order valence-corrected chi connectivity index (χ3v) is 4.30. The van der Waals surface area contributed by atoms with Crippen LogP contribution in [0.3, 0.4) is 0 Å². The summed E-state index contributed by atoms with van der Waals surface area (Å²) in [7, 11) is -1.06. The molecule has 0 spiro atoms. The molecule has 0 atom stereocenters. The molecule has 1 aliphatic heterocycles. The van der Waals surface area contributed by atoms with Crippen molar-refractivity contribution in [1.82, 2.24) is 4.98 Å². The lowest BCUT2D eigenvalue weighted by Crippen LogP contribution is -2.39. The molecule has 0 aliphatic carbocycles. The summed E-state index contributed by atoms with van der Waals surface area (Å²) in [6.45, 7) is 0.191. The number of benzene rings is 1. The van der Waals surface area contributed by atoms with Gasteiger partial charge in [0.05, 0.1) is 19.9 Å². The molecule has 0 saturated carbocycles. The molecule has 1 aromatic heterocycles. The third-order valence-electron chi connectivity index (χ3n) is 3.64. The first kappa shape index (κ1) is 17.5. The molecule has 0 unspecified atom stereocenters. The first-order chi connectivity index (χ1) is 12.6. The summed E-state index contributed by atoms with van der Waals surface area (Å²) < 4.78 is 27.8. The molecular weight excluding hydrogens is 356 g/mol. The highest BCUT2D eigenvalue weighted by Gasteiger charge is 2.28. The van der Waals surface area contributed by atoms with Crippen molar-refractivity contribution in [2.24, 2.45) is 10.2 Å². The highest BCUT2D eigenvalue weighted by Crippen LogP contribution is 2.22. The molecule has 2 aromatic rings. The van der Waals surface area contributed by atoms with Crippen LogP contribution in [0, 0.1) is 0 Å². The zero-order valence-corrected chi connectivity index (χ0v) is 14.5. The summed E-state index contributed by atoms with van der Waals surface area (Å²) in [5.41, 5.74) is 1.12. The normalized spacial score (nSPS) is 12.7. The Kier molecular flexibility index (Phi) is 5.18. The Labute approximate surface area is 151 Å². The second-order valence-electron chi connectivity index (χ2n) is 5.24. The second-order valence-corrected chi connectivity index (χ2v) is 6.15. The Morgan fingerprint density at radius 3 is 2.58 bits per heavy atom. The maximum atomic E-state index is 13.0. The third kappa shape index (κ3) is 3.67. The molecule has 8 nitrogen and oxygen atoms in total. The fourth-order valence-corrected chi connectivity index (χ4v) is 2.78. The van der Waals surface area contributed by atoms with Gasteiger partial charge in [0.2, 0.25) is 10.3 Å². The van der Waals surface area contributed by atoms with Gasteiger partial charge in [-0.25, -0.2) is 0 Å². The largest absolute Gasteiger partial charge is 0.497 e. The van der Waals surface area contributed by atoms with Crippen LogP contribution in [0.25, 0.3) is 0 Å². The van der Waals surface area contributed by atoms with Gasteiger partial charge >= 0.3 is 0 Å². The minimum atomic E-state index is -2.61. The van der Waals surface area contributed by atoms with E-state index in [9.17, 15) is 13.2 Å². The van der Waals surface area contributed by atoms with Crippen LogP contribution in [-0.4, -0.2) is 43.2 Å². The van der Waals surface area contributed by atoms with Gasteiger partial charge in [-0.3, -0.25) is 9.78 Å². The summed E-state index contributed by atoms with van der Waals surface area (Å²) in [4.78, 5) is 18.2. The van der Waals surface area contributed by atoms with Crippen LogP contribution < -0.4 is 9.64 Å². The van der Waals surface area contributed by atoms with Crippen molar-refractivity contribution in [1.29, 1.82) is 0 Å². The number of carbonyl (C=O) groups is 1. The van der Waals surface area contributed by atoms with Crippen LogP contribution in [-0.2, 0) is 21.6 Å². The molecule has 1 aliphatic rings. The molecule has 26 heavy (non-hydrogen) atoms.